The summed E-state index contributed by atoms with van der Waals surface area (Å²) in [6, 6.07) is 8.96. The summed E-state index contributed by atoms with van der Waals surface area (Å²) < 4.78 is 46.0. The number of alkyl carbamates (subject to hydrolysis) is 1. The molecule has 0 radical (unpaired) electrons. The van der Waals surface area contributed by atoms with E-state index in [-0.39, 0.29) is 42.5 Å². The molecule has 5 atom stereocenters. The van der Waals surface area contributed by atoms with Crippen molar-refractivity contribution in [2.75, 3.05) is 6.61 Å². The molecule has 2 amide bonds. The van der Waals surface area contributed by atoms with E-state index in [1.165, 1.54) is 0 Å². The minimum absolute atomic E-state index is 0.00254. The molecule has 2 aliphatic rings. The first kappa shape index (κ1) is 25.0. The molecule has 2 fully saturated rings. The lowest BCUT2D eigenvalue weighted by atomic mass is 9.82. The van der Waals surface area contributed by atoms with Crippen molar-refractivity contribution >= 4 is 12.0 Å². The van der Waals surface area contributed by atoms with Crippen LogP contribution in [-0.2, 0) is 16.0 Å². The Labute approximate surface area is 202 Å². The van der Waals surface area contributed by atoms with Crippen molar-refractivity contribution in [2.24, 2.45) is 11.7 Å². The third-order valence-corrected chi connectivity index (χ3v) is 7.09. The number of nitrogens with two attached hydrogens (primary N) is 1. The molecule has 2 aromatic rings. The molecular weight excluding hydrogens is 459 g/mol. The third-order valence-electron chi connectivity index (χ3n) is 7.09. The van der Waals surface area contributed by atoms with E-state index in [4.69, 9.17) is 10.5 Å². The molecule has 2 aliphatic heterocycles. The van der Waals surface area contributed by atoms with E-state index in [2.05, 4.69) is 5.32 Å². The number of nitrogens with one attached hydrogen (secondary N) is 1. The number of benzene rings is 2. The zero-order chi connectivity index (χ0) is 25.1. The molecule has 4 rings (SSSR count). The lowest BCUT2D eigenvalue weighted by Crippen LogP contribution is -2.53. The Balaban J connectivity index is 1.48. The molecule has 2 saturated heterocycles. The number of piperidine rings is 1. The van der Waals surface area contributed by atoms with Crippen LogP contribution in [0.15, 0.2) is 42.5 Å². The van der Waals surface area contributed by atoms with Crippen LogP contribution < -0.4 is 11.1 Å². The predicted octanol–water partition coefficient (Wildman–Crippen LogP) is 4.23. The van der Waals surface area contributed by atoms with Gasteiger partial charge in [-0.3, -0.25) is 4.79 Å². The van der Waals surface area contributed by atoms with Gasteiger partial charge in [-0.2, -0.15) is 0 Å². The number of amides is 2. The van der Waals surface area contributed by atoms with Crippen LogP contribution in [0, 0.1) is 23.4 Å². The molecule has 0 spiro atoms. The number of carbonyl (C=O) groups excluding carboxylic acids is 2. The minimum Gasteiger partial charge on any atom is -0.450 e. The Morgan fingerprint density at radius 3 is 2.31 bits per heavy atom. The summed E-state index contributed by atoms with van der Waals surface area (Å²) in [6.45, 7) is 1.88. The summed E-state index contributed by atoms with van der Waals surface area (Å²) in [6.07, 6.45) is 2.27. The van der Waals surface area contributed by atoms with Gasteiger partial charge in [0.25, 0.3) is 0 Å². The molecule has 35 heavy (non-hydrogen) atoms. The van der Waals surface area contributed by atoms with Crippen molar-refractivity contribution in [3.8, 4) is 0 Å². The number of fused-ring (bicyclic) bond motifs is 2. The zero-order valence-corrected chi connectivity index (χ0v) is 19.6. The lowest BCUT2D eigenvalue weighted by Gasteiger charge is -2.42. The number of hydrogen-bond acceptors (Lipinski definition) is 4. The second-order valence-corrected chi connectivity index (χ2v) is 9.30. The molecule has 6 nitrogen and oxygen atoms in total. The van der Waals surface area contributed by atoms with E-state index in [0.717, 1.165) is 18.9 Å². The van der Waals surface area contributed by atoms with Gasteiger partial charge in [0, 0.05) is 24.2 Å². The van der Waals surface area contributed by atoms with Crippen LogP contribution >= 0.6 is 0 Å². The van der Waals surface area contributed by atoms with E-state index in [1.807, 2.05) is 11.0 Å². The highest BCUT2D eigenvalue weighted by atomic mass is 19.2. The first-order valence-corrected chi connectivity index (χ1v) is 12.0. The van der Waals surface area contributed by atoms with E-state index in [9.17, 15) is 22.8 Å². The predicted molar refractivity (Wildman–Crippen MR) is 124 cm³/mol. The SMILES string of the molecule is CCOC(=O)NC(C(=O)N1C2CC[C@H]1CC([C@H](N)Cc1cc(F)c(F)cc1F)C2)c1ccccc1. The highest BCUT2D eigenvalue weighted by Gasteiger charge is 2.46. The molecule has 0 aliphatic carbocycles. The van der Waals surface area contributed by atoms with Crippen LogP contribution in [0.4, 0.5) is 18.0 Å². The summed E-state index contributed by atoms with van der Waals surface area (Å²) in [5.41, 5.74) is 7.11. The Morgan fingerprint density at radius 2 is 1.69 bits per heavy atom. The Kier molecular flexibility index (Phi) is 7.64. The van der Waals surface area contributed by atoms with E-state index in [0.29, 0.717) is 24.5 Å². The van der Waals surface area contributed by atoms with Crippen molar-refractivity contribution in [1.29, 1.82) is 0 Å². The Hall–Kier alpha value is -3.07. The van der Waals surface area contributed by atoms with Crippen LogP contribution in [0.25, 0.3) is 0 Å². The highest BCUT2D eigenvalue weighted by Crippen LogP contribution is 2.41. The smallest absolute Gasteiger partial charge is 0.408 e. The molecule has 0 aromatic heterocycles. The fourth-order valence-corrected chi connectivity index (χ4v) is 5.44. The maximum atomic E-state index is 14.1. The van der Waals surface area contributed by atoms with Crippen LogP contribution in [0.5, 0.6) is 0 Å². The molecule has 2 heterocycles. The van der Waals surface area contributed by atoms with Crippen molar-refractivity contribution in [2.45, 2.75) is 63.2 Å². The maximum Gasteiger partial charge on any atom is 0.408 e. The van der Waals surface area contributed by atoms with Crippen LogP contribution in [0.1, 0.15) is 49.8 Å². The molecule has 2 bridgehead atoms. The van der Waals surface area contributed by atoms with E-state index < -0.39 is 35.6 Å². The van der Waals surface area contributed by atoms with Crippen molar-refractivity contribution in [1.82, 2.24) is 10.2 Å². The number of carbonyl (C=O) groups is 2. The molecule has 188 valence electrons. The zero-order valence-electron chi connectivity index (χ0n) is 19.6. The Bertz CT molecular complexity index is 1050. The standard InChI is InChI=1S/C26H30F3N3O3/c1-2-35-26(34)31-24(15-6-4-3-5-7-15)25(33)32-18-8-9-19(32)11-17(10-18)23(30)13-16-12-21(28)22(29)14-20(16)27/h3-7,12,14,17-19,23-24H,2,8-11,13,30H2,1H3,(H,31,34)/t17?,18-,19?,23+,24?/m0/s1. The van der Waals surface area contributed by atoms with Gasteiger partial charge in [-0.1, -0.05) is 30.3 Å². The largest absolute Gasteiger partial charge is 0.450 e. The quantitative estimate of drug-likeness (QED) is 0.570. The molecule has 2 aromatic carbocycles. The van der Waals surface area contributed by atoms with Gasteiger partial charge in [0.2, 0.25) is 5.91 Å². The fraction of sp³-hybridized carbons (Fsp3) is 0.462. The van der Waals surface area contributed by atoms with Gasteiger partial charge >= 0.3 is 6.09 Å². The summed E-state index contributed by atoms with van der Waals surface area (Å²) in [5.74, 6) is -3.34. The Morgan fingerprint density at radius 1 is 1.06 bits per heavy atom. The summed E-state index contributed by atoms with van der Waals surface area (Å²) in [7, 11) is 0. The molecule has 0 saturated carbocycles. The topological polar surface area (TPSA) is 84.7 Å². The highest BCUT2D eigenvalue weighted by molar-refractivity contribution is 5.87. The van der Waals surface area contributed by atoms with Crippen LogP contribution in [0.2, 0.25) is 0 Å². The number of ether oxygens (including phenoxy) is 1. The average Bonchev–Trinajstić information content (AvgIpc) is 3.10. The van der Waals surface area contributed by atoms with Gasteiger partial charge in [-0.15, -0.1) is 0 Å². The molecule has 3 N–H and O–H groups in total. The minimum atomic E-state index is -1.23. The van der Waals surface area contributed by atoms with Gasteiger partial charge in [0.15, 0.2) is 11.6 Å². The van der Waals surface area contributed by atoms with Crippen molar-refractivity contribution < 1.29 is 27.5 Å². The van der Waals surface area contributed by atoms with Crippen molar-refractivity contribution in [3.05, 3.63) is 71.0 Å². The summed E-state index contributed by atoms with van der Waals surface area (Å²) in [5, 5.41) is 2.70. The lowest BCUT2D eigenvalue weighted by molar-refractivity contribution is -0.139. The van der Waals surface area contributed by atoms with E-state index >= 15 is 0 Å². The third kappa shape index (κ3) is 5.45. The number of hydrogen-bond donors (Lipinski definition) is 2. The molecule has 3 unspecified atom stereocenters. The fourth-order valence-electron chi connectivity index (χ4n) is 5.44. The van der Waals surface area contributed by atoms with Gasteiger partial charge in [0.1, 0.15) is 11.9 Å². The molecule has 9 heteroatoms. The van der Waals surface area contributed by atoms with Gasteiger partial charge in [0.05, 0.1) is 6.61 Å². The summed E-state index contributed by atoms with van der Waals surface area (Å²) in [4.78, 5) is 27.7. The number of rotatable bonds is 7. The van der Waals surface area contributed by atoms with Crippen molar-refractivity contribution in [3.63, 3.8) is 0 Å². The molecular formula is C26H30F3N3O3. The first-order valence-electron chi connectivity index (χ1n) is 12.0. The van der Waals surface area contributed by atoms with Gasteiger partial charge in [-0.25, -0.2) is 18.0 Å². The monoisotopic (exact) mass is 489 g/mol. The summed E-state index contributed by atoms with van der Waals surface area (Å²) >= 11 is 0. The van der Waals surface area contributed by atoms with Crippen LogP contribution in [-0.4, -0.2) is 41.6 Å². The van der Waals surface area contributed by atoms with Crippen LogP contribution in [0.3, 0.4) is 0 Å². The average molecular weight is 490 g/mol. The van der Waals surface area contributed by atoms with Gasteiger partial charge in [-0.05, 0) is 62.1 Å². The maximum absolute atomic E-state index is 14.1. The second-order valence-electron chi connectivity index (χ2n) is 9.30. The number of nitrogens with zero attached hydrogens (tertiary/aromatic N) is 1. The first-order chi connectivity index (χ1) is 16.8. The van der Waals surface area contributed by atoms with E-state index in [1.54, 1.807) is 31.2 Å². The van der Waals surface area contributed by atoms with Gasteiger partial charge < -0.3 is 20.7 Å². The second kappa shape index (κ2) is 10.7. The number of halogens is 3. The normalized spacial score (nSPS) is 23.0.